The van der Waals surface area contributed by atoms with Crippen LogP contribution < -0.4 is 5.32 Å². The SMILES string of the molecule is CCOC(=O)[C@@]1(CC)N[C@@H](C)Cc2[nH]cnc21. The van der Waals surface area contributed by atoms with Crippen LogP contribution in [0.4, 0.5) is 0 Å². The zero-order valence-corrected chi connectivity index (χ0v) is 10.5. The smallest absolute Gasteiger partial charge is 0.332 e. The summed E-state index contributed by atoms with van der Waals surface area (Å²) in [7, 11) is 0. The maximum absolute atomic E-state index is 12.2. The van der Waals surface area contributed by atoms with E-state index < -0.39 is 5.54 Å². The number of hydrogen-bond donors (Lipinski definition) is 2. The lowest BCUT2D eigenvalue weighted by atomic mass is 9.84. The van der Waals surface area contributed by atoms with Crippen molar-refractivity contribution in [3.63, 3.8) is 0 Å². The van der Waals surface area contributed by atoms with E-state index in [9.17, 15) is 4.79 Å². The van der Waals surface area contributed by atoms with Crippen molar-refractivity contribution in [2.75, 3.05) is 6.61 Å². The second-order valence-electron chi connectivity index (χ2n) is 4.46. The lowest BCUT2D eigenvalue weighted by Crippen LogP contribution is -2.57. The molecular weight excluding hydrogens is 218 g/mol. The van der Waals surface area contributed by atoms with E-state index in [1.807, 2.05) is 13.8 Å². The highest BCUT2D eigenvalue weighted by Gasteiger charge is 2.47. The van der Waals surface area contributed by atoms with E-state index in [-0.39, 0.29) is 12.0 Å². The van der Waals surface area contributed by atoms with Crippen LogP contribution in [-0.2, 0) is 21.5 Å². The third-order valence-electron chi connectivity index (χ3n) is 3.28. The predicted octanol–water partition coefficient (Wildman–Crippen LogP) is 1.11. The van der Waals surface area contributed by atoms with Crippen LogP contribution >= 0.6 is 0 Å². The fourth-order valence-corrected chi connectivity index (χ4v) is 2.51. The molecule has 0 aromatic carbocycles. The van der Waals surface area contributed by atoms with Crippen molar-refractivity contribution in [1.82, 2.24) is 15.3 Å². The summed E-state index contributed by atoms with van der Waals surface area (Å²) in [6.07, 6.45) is 3.14. The van der Waals surface area contributed by atoms with E-state index in [4.69, 9.17) is 4.74 Å². The summed E-state index contributed by atoms with van der Waals surface area (Å²) in [6.45, 7) is 6.24. The number of ether oxygens (including phenoxy) is 1. The molecule has 5 nitrogen and oxygen atoms in total. The van der Waals surface area contributed by atoms with Crippen LogP contribution in [0.3, 0.4) is 0 Å². The van der Waals surface area contributed by atoms with Crippen molar-refractivity contribution in [2.45, 2.75) is 45.2 Å². The zero-order chi connectivity index (χ0) is 12.5. The number of esters is 1. The number of carbonyl (C=O) groups excluding carboxylic acids is 1. The van der Waals surface area contributed by atoms with E-state index in [0.29, 0.717) is 13.0 Å². The number of nitrogens with one attached hydrogen (secondary N) is 2. The minimum absolute atomic E-state index is 0.229. The highest BCUT2D eigenvalue weighted by molar-refractivity contribution is 5.82. The molecule has 0 unspecified atom stereocenters. The number of aromatic amines is 1. The number of fused-ring (bicyclic) bond motifs is 1. The van der Waals surface area contributed by atoms with Gasteiger partial charge in [0.2, 0.25) is 0 Å². The Bertz CT molecular complexity index is 416. The number of carbonyl (C=O) groups is 1. The Balaban J connectivity index is 2.44. The fourth-order valence-electron chi connectivity index (χ4n) is 2.51. The first-order chi connectivity index (χ1) is 8.14. The van der Waals surface area contributed by atoms with Crippen LogP contribution in [0.25, 0.3) is 0 Å². The van der Waals surface area contributed by atoms with Gasteiger partial charge < -0.3 is 9.72 Å². The highest BCUT2D eigenvalue weighted by atomic mass is 16.5. The van der Waals surface area contributed by atoms with Gasteiger partial charge in [-0.15, -0.1) is 0 Å². The Hall–Kier alpha value is -1.36. The van der Waals surface area contributed by atoms with Gasteiger partial charge in [-0.25, -0.2) is 9.78 Å². The Morgan fingerprint density at radius 2 is 2.41 bits per heavy atom. The van der Waals surface area contributed by atoms with Gasteiger partial charge in [0.1, 0.15) is 0 Å². The van der Waals surface area contributed by atoms with Gasteiger partial charge >= 0.3 is 5.97 Å². The first-order valence-electron chi connectivity index (χ1n) is 6.11. The zero-order valence-electron chi connectivity index (χ0n) is 10.5. The number of H-pyrrole nitrogens is 1. The molecule has 1 aliphatic rings. The summed E-state index contributed by atoms with van der Waals surface area (Å²) in [5.41, 5.74) is 1.03. The topological polar surface area (TPSA) is 67.0 Å². The van der Waals surface area contributed by atoms with Gasteiger partial charge in [0.25, 0.3) is 0 Å². The lowest BCUT2D eigenvalue weighted by Gasteiger charge is -2.37. The molecule has 1 aromatic rings. The molecule has 1 aliphatic heterocycles. The third-order valence-corrected chi connectivity index (χ3v) is 3.28. The van der Waals surface area contributed by atoms with Crippen LogP contribution in [0.2, 0.25) is 0 Å². The van der Waals surface area contributed by atoms with Crippen LogP contribution in [0, 0.1) is 0 Å². The van der Waals surface area contributed by atoms with Crippen LogP contribution in [0.1, 0.15) is 38.6 Å². The van der Waals surface area contributed by atoms with Gasteiger partial charge in [-0.2, -0.15) is 0 Å². The number of rotatable bonds is 3. The van der Waals surface area contributed by atoms with Gasteiger partial charge in [-0.3, -0.25) is 5.32 Å². The average Bonchev–Trinajstić information content (AvgIpc) is 2.76. The van der Waals surface area contributed by atoms with E-state index in [1.54, 1.807) is 6.33 Å². The summed E-state index contributed by atoms with van der Waals surface area (Å²) in [4.78, 5) is 19.6. The fraction of sp³-hybridized carbons (Fsp3) is 0.667. The van der Waals surface area contributed by atoms with Gasteiger partial charge in [-0.1, -0.05) is 6.92 Å². The third kappa shape index (κ3) is 1.84. The first-order valence-corrected chi connectivity index (χ1v) is 6.11. The molecule has 2 N–H and O–H groups in total. The van der Waals surface area contributed by atoms with Crippen molar-refractivity contribution in [3.05, 3.63) is 17.7 Å². The van der Waals surface area contributed by atoms with E-state index in [2.05, 4.69) is 22.2 Å². The Morgan fingerprint density at radius 1 is 1.65 bits per heavy atom. The van der Waals surface area contributed by atoms with Crippen molar-refractivity contribution in [1.29, 1.82) is 0 Å². The molecule has 0 bridgehead atoms. The average molecular weight is 237 g/mol. The summed E-state index contributed by atoms with van der Waals surface area (Å²) in [6, 6.07) is 0.229. The molecule has 0 saturated heterocycles. The van der Waals surface area contributed by atoms with Crippen LogP contribution in [-0.4, -0.2) is 28.6 Å². The predicted molar refractivity (Wildman–Crippen MR) is 63.5 cm³/mol. The van der Waals surface area contributed by atoms with Crippen molar-refractivity contribution in [3.8, 4) is 0 Å². The van der Waals surface area contributed by atoms with Gasteiger partial charge in [0.15, 0.2) is 5.54 Å². The second-order valence-corrected chi connectivity index (χ2v) is 4.46. The minimum Gasteiger partial charge on any atom is -0.464 e. The maximum atomic E-state index is 12.2. The standard InChI is InChI=1S/C12H19N3O2/c1-4-12(11(16)17-5-2)10-9(13-7-14-10)6-8(3)15-12/h7-8,15H,4-6H2,1-3H3,(H,13,14)/t8-,12-/m0/s1. The van der Waals surface area contributed by atoms with Gasteiger partial charge in [-0.05, 0) is 20.3 Å². The van der Waals surface area contributed by atoms with Crippen molar-refractivity contribution < 1.29 is 9.53 Å². The normalized spacial score (nSPS) is 27.6. The van der Waals surface area contributed by atoms with E-state index >= 15 is 0 Å². The molecule has 0 radical (unpaired) electrons. The monoisotopic (exact) mass is 237 g/mol. The lowest BCUT2D eigenvalue weighted by molar-refractivity contribution is -0.153. The Kier molecular flexibility index (Phi) is 3.19. The molecular formula is C12H19N3O2. The molecule has 17 heavy (non-hydrogen) atoms. The number of nitrogens with zero attached hydrogens (tertiary/aromatic N) is 1. The summed E-state index contributed by atoms with van der Waals surface area (Å²) in [5.74, 6) is -0.234. The van der Waals surface area contributed by atoms with Gasteiger partial charge in [0.05, 0.1) is 18.6 Å². The molecule has 2 heterocycles. The van der Waals surface area contributed by atoms with Crippen molar-refractivity contribution >= 4 is 5.97 Å². The number of imidazole rings is 1. The van der Waals surface area contributed by atoms with Crippen LogP contribution in [0.15, 0.2) is 6.33 Å². The Morgan fingerprint density at radius 3 is 3.06 bits per heavy atom. The molecule has 2 atom stereocenters. The quantitative estimate of drug-likeness (QED) is 0.773. The number of hydrogen-bond acceptors (Lipinski definition) is 4. The summed E-state index contributed by atoms with van der Waals surface area (Å²) >= 11 is 0. The summed E-state index contributed by atoms with van der Waals surface area (Å²) in [5, 5.41) is 3.35. The maximum Gasteiger partial charge on any atom is 0.332 e. The van der Waals surface area contributed by atoms with Gasteiger partial charge in [0, 0.05) is 18.2 Å². The van der Waals surface area contributed by atoms with Crippen molar-refractivity contribution in [2.24, 2.45) is 0 Å². The minimum atomic E-state index is -0.789. The molecule has 1 aromatic heterocycles. The summed E-state index contributed by atoms with van der Waals surface area (Å²) < 4.78 is 5.19. The van der Waals surface area contributed by atoms with E-state index in [0.717, 1.165) is 17.8 Å². The molecule has 0 aliphatic carbocycles. The molecule has 94 valence electrons. The first kappa shape index (κ1) is 12.1. The molecule has 5 heteroatoms. The second kappa shape index (κ2) is 4.49. The molecule has 0 saturated carbocycles. The molecule has 0 spiro atoms. The van der Waals surface area contributed by atoms with E-state index in [1.165, 1.54) is 0 Å². The molecule has 0 fully saturated rings. The Labute approximate surface area is 101 Å². The highest BCUT2D eigenvalue weighted by Crippen LogP contribution is 2.32. The molecule has 2 rings (SSSR count). The number of aromatic nitrogens is 2. The van der Waals surface area contributed by atoms with Crippen LogP contribution in [0.5, 0.6) is 0 Å². The largest absolute Gasteiger partial charge is 0.464 e. The molecule has 0 amide bonds.